The van der Waals surface area contributed by atoms with Crippen LogP contribution in [-0.2, 0) is 0 Å². The smallest absolute Gasteiger partial charge is 0.0148 e. The van der Waals surface area contributed by atoms with Crippen molar-refractivity contribution in [1.29, 1.82) is 0 Å². The van der Waals surface area contributed by atoms with Crippen molar-refractivity contribution in [2.45, 2.75) is 44.7 Å². The first-order valence-electron chi connectivity index (χ1n) is 3.91. The summed E-state index contributed by atoms with van der Waals surface area (Å²) in [6.45, 7) is 4.62. The molecule has 1 aliphatic carbocycles. The Kier molecular flexibility index (Phi) is 4.21. The van der Waals surface area contributed by atoms with Gasteiger partial charge in [0, 0.05) is 0 Å². The Labute approximate surface area is 72.8 Å². The maximum absolute atomic E-state index is 3.02. The molecule has 0 aromatic heterocycles. The van der Waals surface area contributed by atoms with Gasteiger partial charge in [-0.2, -0.15) is 0 Å². The molecule has 0 heterocycles. The summed E-state index contributed by atoms with van der Waals surface area (Å²) in [7, 11) is 3.02. The Bertz CT molecular complexity index is 97.4. The van der Waals surface area contributed by atoms with Gasteiger partial charge in [0.05, 0.1) is 0 Å². The molecule has 1 atom stereocenters. The van der Waals surface area contributed by atoms with Gasteiger partial charge in [0.15, 0.2) is 0 Å². The first-order chi connectivity index (χ1) is 4.12. The topological polar surface area (TPSA) is 0 Å². The van der Waals surface area contributed by atoms with Gasteiger partial charge in [0.2, 0.25) is 0 Å². The number of hydrogen-bond donors (Lipinski definition) is 0. The predicted octanol–water partition coefficient (Wildman–Crippen LogP) is 3.25. The highest BCUT2D eigenvalue weighted by molar-refractivity contribution is 7.19. The maximum atomic E-state index is 3.02. The van der Waals surface area contributed by atoms with Gasteiger partial charge in [-0.1, -0.05) is 20.3 Å². The van der Waals surface area contributed by atoms with Gasteiger partial charge in [0.25, 0.3) is 0 Å². The Balaban J connectivity index is 0.000000810. The molecular formula is C8H18ClP. The SMILES string of the molecule is CC(C)CC1(P)CCC1.Cl. The largest absolute Gasteiger partial charge is 0.147 e. The third-order valence-electron chi connectivity index (χ3n) is 2.16. The Morgan fingerprint density at radius 3 is 2.00 bits per heavy atom. The van der Waals surface area contributed by atoms with E-state index in [-0.39, 0.29) is 12.4 Å². The van der Waals surface area contributed by atoms with Crippen molar-refractivity contribution in [3.63, 3.8) is 0 Å². The van der Waals surface area contributed by atoms with E-state index in [1.165, 1.54) is 25.7 Å². The first kappa shape index (κ1) is 10.7. The predicted molar refractivity (Wildman–Crippen MR) is 53.0 cm³/mol. The van der Waals surface area contributed by atoms with Crippen LogP contribution in [0.5, 0.6) is 0 Å². The fraction of sp³-hybridized carbons (Fsp3) is 1.00. The summed E-state index contributed by atoms with van der Waals surface area (Å²) in [5, 5.41) is 0.661. The Morgan fingerprint density at radius 2 is 1.90 bits per heavy atom. The average Bonchev–Trinajstić information content (AvgIpc) is 1.60. The molecule has 0 N–H and O–H groups in total. The fourth-order valence-electron chi connectivity index (χ4n) is 1.65. The molecule has 0 aromatic carbocycles. The summed E-state index contributed by atoms with van der Waals surface area (Å²) in [6.07, 6.45) is 5.74. The van der Waals surface area contributed by atoms with Crippen molar-refractivity contribution in [2.75, 3.05) is 0 Å². The minimum Gasteiger partial charge on any atom is -0.147 e. The highest BCUT2D eigenvalue weighted by atomic mass is 35.5. The average molecular weight is 181 g/mol. The summed E-state index contributed by atoms with van der Waals surface area (Å²) < 4.78 is 0. The van der Waals surface area contributed by atoms with Crippen LogP contribution in [0.2, 0.25) is 0 Å². The lowest BCUT2D eigenvalue weighted by Gasteiger charge is -2.39. The van der Waals surface area contributed by atoms with Crippen LogP contribution in [0, 0.1) is 5.92 Å². The minimum atomic E-state index is 0. The van der Waals surface area contributed by atoms with E-state index in [1.807, 2.05) is 0 Å². The lowest BCUT2D eigenvalue weighted by molar-refractivity contribution is 0.305. The van der Waals surface area contributed by atoms with Crippen molar-refractivity contribution in [2.24, 2.45) is 5.92 Å². The van der Waals surface area contributed by atoms with E-state index in [0.29, 0.717) is 5.16 Å². The summed E-state index contributed by atoms with van der Waals surface area (Å²) in [5.74, 6) is 0.878. The normalized spacial score (nSPS) is 21.6. The summed E-state index contributed by atoms with van der Waals surface area (Å²) >= 11 is 0. The van der Waals surface area contributed by atoms with E-state index in [2.05, 4.69) is 23.1 Å². The molecule has 0 bridgehead atoms. The van der Waals surface area contributed by atoms with E-state index < -0.39 is 0 Å². The number of hydrogen-bond acceptors (Lipinski definition) is 0. The van der Waals surface area contributed by atoms with Gasteiger partial charge in [-0.25, -0.2) is 0 Å². The lowest BCUT2D eigenvalue weighted by Crippen LogP contribution is -2.30. The van der Waals surface area contributed by atoms with Crippen molar-refractivity contribution < 1.29 is 0 Å². The highest BCUT2D eigenvalue weighted by Crippen LogP contribution is 2.44. The molecule has 0 aromatic rings. The first-order valence-corrected chi connectivity index (χ1v) is 4.49. The molecular weight excluding hydrogens is 163 g/mol. The van der Waals surface area contributed by atoms with Crippen molar-refractivity contribution in [3.05, 3.63) is 0 Å². The van der Waals surface area contributed by atoms with Crippen LogP contribution in [-0.4, -0.2) is 5.16 Å². The summed E-state index contributed by atoms with van der Waals surface area (Å²) in [5.41, 5.74) is 0. The summed E-state index contributed by atoms with van der Waals surface area (Å²) in [6, 6.07) is 0. The van der Waals surface area contributed by atoms with Crippen LogP contribution in [0.25, 0.3) is 0 Å². The molecule has 2 heteroatoms. The molecule has 0 aliphatic heterocycles. The van der Waals surface area contributed by atoms with Crippen molar-refractivity contribution in [3.8, 4) is 0 Å². The lowest BCUT2D eigenvalue weighted by atomic mass is 9.78. The van der Waals surface area contributed by atoms with Crippen LogP contribution in [0.4, 0.5) is 0 Å². The van der Waals surface area contributed by atoms with Gasteiger partial charge in [-0.3, -0.25) is 0 Å². The minimum absolute atomic E-state index is 0. The second kappa shape index (κ2) is 3.93. The molecule has 1 saturated carbocycles. The molecule has 1 unspecified atom stereocenters. The second-order valence-corrected chi connectivity index (χ2v) is 5.04. The second-order valence-electron chi connectivity index (χ2n) is 3.81. The molecule has 0 saturated heterocycles. The van der Waals surface area contributed by atoms with E-state index in [9.17, 15) is 0 Å². The molecule has 0 spiro atoms. The van der Waals surface area contributed by atoms with Crippen LogP contribution < -0.4 is 0 Å². The third kappa shape index (κ3) is 2.76. The zero-order valence-electron chi connectivity index (χ0n) is 6.89. The number of halogens is 1. The molecule has 62 valence electrons. The van der Waals surface area contributed by atoms with Crippen LogP contribution in [0.15, 0.2) is 0 Å². The summed E-state index contributed by atoms with van der Waals surface area (Å²) in [4.78, 5) is 0. The van der Waals surface area contributed by atoms with Gasteiger partial charge < -0.3 is 0 Å². The van der Waals surface area contributed by atoms with Crippen LogP contribution in [0.1, 0.15) is 39.5 Å². The van der Waals surface area contributed by atoms with Gasteiger partial charge in [0.1, 0.15) is 0 Å². The Morgan fingerprint density at radius 1 is 1.40 bits per heavy atom. The molecule has 1 rings (SSSR count). The van der Waals surface area contributed by atoms with Gasteiger partial charge in [-0.05, 0) is 30.3 Å². The van der Waals surface area contributed by atoms with Gasteiger partial charge >= 0.3 is 0 Å². The van der Waals surface area contributed by atoms with E-state index in [4.69, 9.17) is 0 Å². The standard InChI is InChI=1S/C8H17P.ClH/c1-7(2)6-8(9)4-3-5-8;/h7H,3-6,9H2,1-2H3;1H. The molecule has 1 fully saturated rings. The molecule has 0 amide bonds. The number of rotatable bonds is 2. The zero-order valence-corrected chi connectivity index (χ0v) is 8.86. The zero-order chi connectivity index (χ0) is 6.91. The van der Waals surface area contributed by atoms with Crippen LogP contribution >= 0.6 is 21.6 Å². The molecule has 1 aliphatic rings. The van der Waals surface area contributed by atoms with E-state index >= 15 is 0 Å². The third-order valence-corrected chi connectivity index (χ3v) is 2.98. The molecule has 0 radical (unpaired) electrons. The fourth-order valence-corrected chi connectivity index (χ4v) is 2.53. The van der Waals surface area contributed by atoms with Crippen LogP contribution in [0.3, 0.4) is 0 Å². The quantitative estimate of drug-likeness (QED) is 0.573. The molecule has 0 nitrogen and oxygen atoms in total. The van der Waals surface area contributed by atoms with Crippen molar-refractivity contribution in [1.82, 2.24) is 0 Å². The van der Waals surface area contributed by atoms with Crippen molar-refractivity contribution >= 4 is 21.6 Å². The van der Waals surface area contributed by atoms with E-state index in [0.717, 1.165) is 5.92 Å². The van der Waals surface area contributed by atoms with Gasteiger partial charge in [-0.15, -0.1) is 21.6 Å². The molecule has 10 heavy (non-hydrogen) atoms. The highest BCUT2D eigenvalue weighted by Gasteiger charge is 2.32. The monoisotopic (exact) mass is 180 g/mol. The Hall–Kier alpha value is 0.720. The van der Waals surface area contributed by atoms with E-state index in [1.54, 1.807) is 0 Å². The maximum Gasteiger partial charge on any atom is -0.0148 e.